The van der Waals surface area contributed by atoms with Gasteiger partial charge in [-0.15, -0.1) is 0 Å². The third-order valence-electron chi connectivity index (χ3n) is 3.81. The molecule has 0 spiro atoms. The van der Waals surface area contributed by atoms with Crippen LogP contribution in [0.3, 0.4) is 0 Å². The minimum absolute atomic E-state index is 0.112. The van der Waals surface area contributed by atoms with Crippen molar-refractivity contribution in [1.29, 1.82) is 0 Å². The van der Waals surface area contributed by atoms with Gasteiger partial charge in [-0.1, -0.05) is 31.1 Å². The lowest BCUT2D eigenvalue weighted by atomic mass is 9.97. The van der Waals surface area contributed by atoms with Gasteiger partial charge in [0.25, 0.3) is 0 Å². The summed E-state index contributed by atoms with van der Waals surface area (Å²) in [6, 6.07) is 2.30. The monoisotopic (exact) mass is 290 g/mol. The van der Waals surface area contributed by atoms with Crippen LogP contribution in [-0.2, 0) is 12.0 Å². The van der Waals surface area contributed by atoms with Gasteiger partial charge in [0.1, 0.15) is 11.5 Å². The zero-order valence-electron chi connectivity index (χ0n) is 13.1. The highest BCUT2D eigenvalue weighted by atomic mass is 16.5. The maximum absolute atomic E-state index is 5.36. The predicted molar refractivity (Wildman–Crippen MR) is 76.6 cm³/mol. The highest BCUT2D eigenvalue weighted by Crippen LogP contribution is 2.32. The summed E-state index contributed by atoms with van der Waals surface area (Å²) in [4.78, 5) is 6.86. The molecule has 0 bridgehead atoms. The molecule has 0 saturated carbocycles. The fraction of sp³-hybridized carbons (Fsp3) is 0.667. The Hall–Kier alpha value is -1.69. The number of aromatic nitrogens is 3. The van der Waals surface area contributed by atoms with E-state index in [1.54, 1.807) is 0 Å². The third kappa shape index (κ3) is 3.00. The Morgan fingerprint density at radius 3 is 2.71 bits per heavy atom. The van der Waals surface area contributed by atoms with E-state index in [2.05, 4.69) is 41.0 Å². The average Bonchev–Trinajstić information content (AvgIpc) is 3.08. The second-order valence-electron chi connectivity index (χ2n) is 6.76. The van der Waals surface area contributed by atoms with Gasteiger partial charge in [-0.05, 0) is 26.3 Å². The summed E-state index contributed by atoms with van der Waals surface area (Å²) in [6.07, 6.45) is 2.25. The van der Waals surface area contributed by atoms with Crippen LogP contribution in [0.2, 0.25) is 0 Å². The average molecular weight is 290 g/mol. The van der Waals surface area contributed by atoms with E-state index in [4.69, 9.17) is 9.05 Å². The minimum Gasteiger partial charge on any atom is -0.361 e. The Kier molecular flexibility index (Phi) is 3.57. The first-order valence-corrected chi connectivity index (χ1v) is 7.44. The summed E-state index contributed by atoms with van der Waals surface area (Å²) >= 11 is 0. The van der Waals surface area contributed by atoms with Crippen LogP contribution < -0.4 is 0 Å². The molecule has 0 aliphatic carbocycles. The lowest BCUT2D eigenvalue weighted by Gasteiger charge is -2.20. The summed E-state index contributed by atoms with van der Waals surface area (Å²) in [5.74, 6) is 2.28. The molecule has 6 nitrogen and oxygen atoms in total. The first-order chi connectivity index (χ1) is 9.93. The van der Waals surface area contributed by atoms with Crippen LogP contribution in [0, 0.1) is 6.92 Å². The van der Waals surface area contributed by atoms with Crippen molar-refractivity contribution in [2.45, 2.75) is 58.5 Å². The van der Waals surface area contributed by atoms with Gasteiger partial charge in [-0.25, -0.2) is 0 Å². The molecule has 1 fully saturated rings. The lowest BCUT2D eigenvalue weighted by Crippen LogP contribution is -2.23. The molecular weight excluding hydrogens is 268 g/mol. The Morgan fingerprint density at radius 1 is 1.29 bits per heavy atom. The first kappa shape index (κ1) is 14.3. The Morgan fingerprint density at radius 2 is 2.10 bits per heavy atom. The van der Waals surface area contributed by atoms with Gasteiger partial charge in [0.2, 0.25) is 5.89 Å². The molecule has 1 saturated heterocycles. The zero-order chi connectivity index (χ0) is 15.0. The first-order valence-electron chi connectivity index (χ1n) is 7.44. The lowest BCUT2D eigenvalue weighted by molar-refractivity contribution is 0.227. The molecule has 1 unspecified atom stereocenters. The second-order valence-corrected chi connectivity index (χ2v) is 6.76. The van der Waals surface area contributed by atoms with Gasteiger partial charge in [0.05, 0.1) is 12.6 Å². The highest BCUT2D eigenvalue weighted by Gasteiger charge is 2.30. The van der Waals surface area contributed by atoms with E-state index in [1.165, 1.54) is 0 Å². The van der Waals surface area contributed by atoms with Crippen LogP contribution in [-0.4, -0.2) is 26.7 Å². The molecule has 0 radical (unpaired) electrons. The third-order valence-corrected chi connectivity index (χ3v) is 3.81. The predicted octanol–water partition coefficient (Wildman–Crippen LogP) is 3.00. The molecule has 1 aliphatic rings. The Bertz CT molecular complexity index is 611. The van der Waals surface area contributed by atoms with Crippen molar-refractivity contribution in [1.82, 2.24) is 20.2 Å². The fourth-order valence-corrected chi connectivity index (χ4v) is 2.70. The quantitative estimate of drug-likeness (QED) is 0.865. The molecule has 2 aromatic heterocycles. The van der Waals surface area contributed by atoms with E-state index >= 15 is 0 Å². The summed E-state index contributed by atoms with van der Waals surface area (Å²) < 4.78 is 10.6. The maximum Gasteiger partial charge on any atom is 0.232 e. The number of likely N-dealkylation sites (tertiary alicyclic amines) is 1. The maximum atomic E-state index is 5.36. The van der Waals surface area contributed by atoms with Crippen LogP contribution in [0.5, 0.6) is 0 Å². The van der Waals surface area contributed by atoms with Gasteiger partial charge in [-0.2, -0.15) is 4.98 Å². The molecule has 0 N–H and O–H groups in total. The summed E-state index contributed by atoms with van der Waals surface area (Å²) in [7, 11) is 0. The number of aryl methyl sites for hydroxylation is 1. The molecular formula is C15H22N4O2. The van der Waals surface area contributed by atoms with Crippen molar-refractivity contribution in [3.05, 3.63) is 29.2 Å². The van der Waals surface area contributed by atoms with Crippen LogP contribution in [0.15, 0.2) is 15.1 Å². The van der Waals surface area contributed by atoms with E-state index in [0.717, 1.165) is 36.7 Å². The molecule has 3 heterocycles. The van der Waals surface area contributed by atoms with E-state index in [0.29, 0.717) is 18.5 Å². The largest absolute Gasteiger partial charge is 0.361 e. The van der Waals surface area contributed by atoms with E-state index < -0.39 is 0 Å². The second kappa shape index (κ2) is 5.26. The number of rotatable bonds is 3. The number of nitrogens with zero attached hydrogens (tertiary/aromatic N) is 4. The van der Waals surface area contributed by atoms with E-state index in [9.17, 15) is 0 Å². The van der Waals surface area contributed by atoms with Crippen molar-refractivity contribution >= 4 is 0 Å². The van der Waals surface area contributed by atoms with Crippen LogP contribution >= 0.6 is 0 Å². The molecule has 114 valence electrons. The van der Waals surface area contributed by atoms with E-state index in [1.807, 2.05) is 13.0 Å². The van der Waals surface area contributed by atoms with Crippen molar-refractivity contribution in [2.75, 3.05) is 6.54 Å². The van der Waals surface area contributed by atoms with Gasteiger partial charge in [-0.3, -0.25) is 4.90 Å². The summed E-state index contributed by atoms with van der Waals surface area (Å²) in [5.41, 5.74) is 0.892. The molecule has 1 aliphatic heterocycles. The SMILES string of the molecule is Cc1cc(C2CCCN2Cc2noc(C(C)(C)C)n2)no1. The molecule has 0 aromatic carbocycles. The number of hydrogen-bond donors (Lipinski definition) is 0. The Balaban J connectivity index is 1.73. The van der Waals surface area contributed by atoms with Gasteiger partial charge in [0, 0.05) is 11.5 Å². The molecule has 2 aromatic rings. The van der Waals surface area contributed by atoms with Crippen molar-refractivity contribution < 1.29 is 9.05 Å². The normalized spacial score (nSPS) is 20.3. The van der Waals surface area contributed by atoms with E-state index in [-0.39, 0.29) is 5.41 Å². The van der Waals surface area contributed by atoms with Crippen molar-refractivity contribution in [3.8, 4) is 0 Å². The zero-order valence-corrected chi connectivity index (χ0v) is 13.1. The molecule has 0 amide bonds. The van der Waals surface area contributed by atoms with Crippen molar-refractivity contribution in [2.24, 2.45) is 0 Å². The standard InChI is InChI=1S/C15H22N4O2/c1-10-8-11(17-20-10)12-6-5-7-19(12)9-13-16-14(21-18-13)15(2,3)4/h8,12H,5-7,9H2,1-4H3. The van der Waals surface area contributed by atoms with Crippen LogP contribution in [0.1, 0.15) is 62.8 Å². The fourth-order valence-electron chi connectivity index (χ4n) is 2.70. The van der Waals surface area contributed by atoms with Gasteiger partial charge < -0.3 is 9.05 Å². The number of hydrogen-bond acceptors (Lipinski definition) is 6. The highest BCUT2D eigenvalue weighted by molar-refractivity contribution is 5.11. The van der Waals surface area contributed by atoms with Crippen LogP contribution in [0.4, 0.5) is 0 Å². The molecule has 21 heavy (non-hydrogen) atoms. The van der Waals surface area contributed by atoms with Crippen LogP contribution in [0.25, 0.3) is 0 Å². The molecule has 6 heteroatoms. The van der Waals surface area contributed by atoms with Gasteiger partial charge >= 0.3 is 0 Å². The van der Waals surface area contributed by atoms with Crippen molar-refractivity contribution in [3.63, 3.8) is 0 Å². The smallest absolute Gasteiger partial charge is 0.232 e. The summed E-state index contributed by atoms with van der Waals surface area (Å²) in [6.45, 7) is 9.85. The Labute approximate surface area is 124 Å². The molecule has 3 rings (SSSR count). The summed E-state index contributed by atoms with van der Waals surface area (Å²) in [5, 5.41) is 8.26. The minimum atomic E-state index is -0.112. The topological polar surface area (TPSA) is 68.2 Å². The molecule has 1 atom stereocenters. The van der Waals surface area contributed by atoms with Gasteiger partial charge in [0.15, 0.2) is 5.82 Å².